The van der Waals surface area contributed by atoms with E-state index >= 15 is 0 Å². The van der Waals surface area contributed by atoms with Gasteiger partial charge in [-0.3, -0.25) is 10.1 Å². The van der Waals surface area contributed by atoms with Crippen LogP contribution in [-0.4, -0.2) is 34.9 Å². The van der Waals surface area contributed by atoms with Gasteiger partial charge in [0.05, 0.1) is 31.3 Å². The van der Waals surface area contributed by atoms with E-state index in [9.17, 15) is 4.79 Å². The molecule has 2 heterocycles. The van der Waals surface area contributed by atoms with Crippen LogP contribution in [0.5, 0.6) is 11.5 Å². The van der Waals surface area contributed by atoms with Crippen LogP contribution in [-0.2, 0) is 0 Å². The third kappa shape index (κ3) is 3.97. The minimum atomic E-state index is -0.235. The number of amides is 1. The number of carbonyl (C=O) groups excluding carboxylic acids is 1. The number of thiazole rings is 1. The molecule has 1 amide bonds. The number of carbonyl (C=O) groups is 1. The zero-order valence-corrected chi connectivity index (χ0v) is 18.6. The number of hydrogen-bond donors (Lipinski definition) is 1. The summed E-state index contributed by atoms with van der Waals surface area (Å²) in [5.74, 6) is 1.49. The first-order valence-electron chi connectivity index (χ1n) is 10.3. The first-order chi connectivity index (χ1) is 15.7. The van der Waals surface area contributed by atoms with Crippen LogP contribution in [0.25, 0.3) is 16.9 Å². The summed E-state index contributed by atoms with van der Waals surface area (Å²) in [6.07, 6.45) is 2.24. The Kier molecular flexibility index (Phi) is 5.36. The van der Waals surface area contributed by atoms with Crippen molar-refractivity contribution in [3.63, 3.8) is 0 Å². The van der Waals surface area contributed by atoms with Gasteiger partial charge >= 0.3 is 0 Å². The molecule has 0 bridgehead atoms. The second-order valence-electron chi connectivity index (χ2n) is 7.54. The van der Waals surface area contributed by atoms with Crippen LogP contribution in [0.2, 0.25) is 0 Å². The number of para-hydroxylation sites is 1. The molecule has 1 saturated carbocycles. The molecule has 0 spiro atoms. The molecule has 4 aromatic rings. The highest BCUT2D eigenvalue weighted by atomic mass is 32.1. The van der Waals surface area contributed by atoms with E-state index in [-0.39, 0.29) is 5.91 Å². The molecule has 0 unspecified atom stereocenters. The third-order valence-corrected chi connectivity index (χ3v) is 6.12. The van der Waals surface area contributed by atoms with Crippen LogP contribution in [0.15, 0.2) is 60.0 Å². The van der Waals surface area contributed by atoms with Gasteiger partial charge in [-0.15, -0.1) is 11.3 Å². The average Bonchev–Trinajstić information content (AvgIpc) is 3.41. The van der Waals surface area contributed by atoms with Crippen LogP contribution in [0, 0.1) is 0 Å². The summed E-state index contributed by atoms with van der Waals surface area (Å²) >= 11 is 1.37. The lowest BCUT2D eigenvalue weighted by atomic mass is 10.1. The lowest BCUT2D eigenvalue weighted by Gasteiger charge is -2.08. The molecular weight excluding hydrogens is 424 g/mol. The molecule has 0 saturated heterocycles. The standard InChI is InChI=1S/C24H22N4O3S/c1-30-21-11-10-16(12-22(21)31-2)19-14-32-24(25-19)26-23(29)20-13-18(15-8-9-15)27-28(20)17-6-4-3-5-7-17/h3-7,10-15H,8-9H2,1-2H3,(H,25,26,29). The van der Waals surface area contributed by atoms with Crippen LogP contribution < -0.4 is 14.8 Å². The highest BCUT2D eigenvalue weighted by Crippen LogP contribution is 2.40. The quantitative estimate of drug-likeness (QED) is 0.425. The van der Waals surface area contributed by atoms with Crippen LogP contribution >= 0.6 is 11.3 Å². The maximum Gasteiger partial charge on any atom is 0.276 e. The second kappa shape index (κ2) is 8.47. The summed E-state index contributed by atoms with van der Waals surface area (Å²) in [6.45, 7) is 0. The van der Waals surface area contributed by atoms with E-state index in [0.717, 1.165) is 35.5 Å². The SMILES string of the molecule is COc1ccc(-c2csc(NC(=O)c3cc(C4CC4)nn3-c3ccccc3)n2)cc1OC. The molecule has 1 aliphatic carbocycles. The van der Waals surface area contributed by atoms with Crippen molar-refractivity contribution in [2.45, 2.75) is 18.8 Å². The van der Waals surface area contributed by atoms with Gasteiger partial charge in [0.2, 0.25) is 0 Å². The van der Waals surface area contributed by atoms with Crippen LogP contribution in [0.1, 0.15) is 34.9 Å². The zero-order chi connectivity index (χ0) is 22.1. The van der Waals surface area contributed by atoms with E-state index in [1.54, 1.807) is 18.9 Å². The molecule has 1 aliphatic rings. The largest absolute Gasteiger partial charge is 0.493 e. The van der Waals surface area contributed by atoms with Crippen LogP contribution in [0.3, 0.4) is 0 Å². The van der Waals surface area contributed by atoms with Gasteiger partial charge in [-0.2, -0.15) is 5.10 Å². The highest BCUT2D eigenvalue weighted by molar-refractivity contribution is 7.14. The predicted molar refractivity (Wildman–Crippen MR) is 124 cm³/mol. The molecule has 2 aromatic carbocycles. The number of anilines is 1. The normalized spacial score (nSPS) is 13.1. The Balaban J connectivity index is 1.40. The topological polar surface area (TPSA) is 78.3 Å². The Morgan fingerprint density at radius 3 is 2.56 bits per heavy atom. The minimum Gasteiger partial charge on any atom is -0.493 e. The van der Waals surface area contributed by atoms with E-state index in [1.165, 1.54) is 11.3 Å². The van der Waals surface area contributed by atoms with Crippen molar-refractivity contribution in [2.24, 2.45) is 0 Å². The van der Waals surface area contributed by atoms with E-state index in [0.29, 0.717) is 28.2 Å². The van der Waals surface area contributed by atoms with Crippen molar-refractivity contribution in [2.75, 3.05) is 19.5 Å². The first kappa shape index (κ1) is 20.3. The fraction of sp³-hybridized carbons (Fsp3) is 0.208. The average molecular weight is 447 g/mol. The highest BCUT2D eigenvalue weighted by Gasteiger charge is 2.29. The number of rotatable bonds is 7. The molecule has 1 N–H and O–H groups in total. The van der Waals surface area contributed by atoms with Gasteiger partial charge in [0.15, 0.2) is 16.6 Å². The Morgan fingerprint density at radius 1 is 1.06 bits per heavy atom. The lowest BCUT2D eigenvalue weighted by Crippen LogP contribution is -2.16. The predicted octanol–water partition coefficient (Wildman–Crippen LogP) is 5.14. The number of nitrogens with one attached hydrogen (secondary N) is 1. The van der Waals surface area contributed by atoms with Crippen molar-refractivity contribution in [3.05, 3.63) is 71.4 Å². The molecule has 32 heavy (non-hydrogen) atoms. The van der Waals surface area contributed by atoms with Gasteiger partial charge < -0.3 is 9.47 Å². The van der Waals surface area contributed by atoms with Gasteiger partial charge in [-0.25, -0.2) is 9.67 Å². The summed E-state index contributed by atoms with van der Waals surface area (Å²) in [7, 11) is 3.20. The monoisotopic (exact) mass is 446 g/mol. The molecule has 5 rings (SSSR count). The molecule has 7 nitrogen and oxygen atoms in total. The summed E-state index contributed by atoms with van der Waals surface area (Å²) in [4.78, 5) is 17.7. The number of hydrogen-bond acceptors (Lipinski definition) is 6. The summed E-state index contributed by atoms with van der Waals surface area (Å²) in [5, 5.41) is 10.1. The fourth-order valence-electron chi connectivity index (χ4n) is 3.53. The lowest BCUT2D eigenvalue weighted by molar-refractivity contribution is 0.101. The summed E-state index contributed by atoms with van der Waals surface area (Å²) in [5.41, 5.74) is 3.95. The van der Waals surface area contributed by atoms with Gasteiger partial charge in [-0.05, 0) is 49.2 Å². The minimum absolute atomic E-state index is 0.235. The van der Waals surface area contributed by atoms with Crippen molar-refractivity contribution in [1.82, 2.24) is 14.8 Å². The Labute approximate surface area is 189 Å². The van der Waals surface area contributed by atoms with Crippen molar-refractivity contribution >= 4 is 22.4 Å². The van der Waals surface area contributed by atoms with Gasteiger partial charge in [0.1, 0.15) is 5.69 Å². The van der Waals surface area contributed by atoms with Crippen molar-refractivity contribution in [3.8, 4) is 28.4 Å². The van der Waals surface area contributed by atoms with E-state index in [2.05, 4.69) is 10.3 Å². The molecular formula is C24H22N4O3S. The number of ether oxygens (including phenoxy) is 2. The van der Waals surface area contributed by atoms with E-state index in [4.69, 9.17) is 14.6 Å². The molecule has 0 aliphatic heterocycles. The number of aromatic nitrogens is 3. The zero-order valence-electron chi connectivity index (χ0n) is 17.7. The number of methoxy groups -OCH3 is 2. The van der Waals surface area contributed by atoms with Gasteiger partial charge in [0.25, 0.3) is 5.91 Å². The van der Waals surface area contributed by atoms with Crippen molar-refractivity contribution in [1.29, 1.82) is 0 Å². The van der Waals surface area contributed by atoms with E-state index < -0.39 is 0 Å². The van der Waals surface area contributed by atoms with Crippen LogP contribution in [0.4, 0.5) is 5.13 Å². The molecule has 1 fully saturated rings. The molecule has 0 atom stereocenters. The van der Waals surface area contributed by atoms with Gasteiger partial charge in [-0.1, -0.05) is 18.2 Å². The third-order valence-electron chi connectivity index (χ3n) is 5.36. The Bertz CT molecular complexity index is 1260. The maximum absolute atomic E-state index is 13.2. The first-order valence-corrected chi connectivity index (χ1v) is 11.2. The molecule has 8 heteroatoms. The summed E-state index contributed by atoms with van der Waals surface area (Å²) < 4.78 is 12.4. The number of nitrogens with zero attached hydrogens (tertiary/aromatic N) is 3. The van der Waals surface area contributed by atoms with Crippen molar-refractivity contribution < 1.29 is 14.3 Å². The number of benzene rings is 2. The summed E-state index contributed by atoms with van der Waals surface area (Å²) in [6, 6.07) is 17.2. The second-order valence-corrected chi connectivity index (χ2v) is 8.40. The smallest absolute Gasteiger partial charge is 0.276 e. The molecule has 2 aromatic heterocycles. The van der Waals surface area contributed by atoms with E-state index in [1.807, 2.05) is 60.0 Å². The maximum atomic E-state index is 13.2. The Hall–Kier alpha value is -3.65. The molecule has 0 radical (unpaired) electrons. The molecule has 162 valence electrons. The Morgan fingerprint density at radius 2 is 1.84 bits per heavy atom. The van der Waals surface area contributed by atoms with Gasteiger partial charge in [0, 0.05) is 16.9 Å². The fourth-order valence-corrected chi connectivity index (χ4v) is 4.24.